The molecule has 0 unspecified atom stereocenters. The summed E-state index contributed by atoms with van der Waals surface area (Å²) in [5, 5.41) is 9.71. The molecule has 0 aliphatic heterocycles. The molecule has 0 fully saturated rings. The Morgan fingerprint density at radius 1 is 1.09 bits per heavy atom. The van der Waals surface area contributed by atoms with Crippen LogP contribution in [0.1, 0.15) is 35.6 Å². The molecule has 1 aliphatic rings. The fraction of sp³-hybridized carbons (Fsp3) is 0.273. The van der Waals surface area contributed by atoms with Gasteiger partial charge in [0.1, 0.15) is 11.4 Å². The van der Waals surface area contributed by atoms with Gasteiger partial charge in [-0.15, -0.1) is 0 Å². The van der Waals surface area contributed by atoms with Crippen LogP contribution in [-0.2, 0) is 19.1 Å². The van der Waals surface area contributed by atoms with E-state index in [-0.39, 0.29) is 11.3 Å². The molecule has 10 heteroatoms. The number of nitrogens with zero attached hydrogens (tertiary/aromatic N) is 5. The minimum atomic E-state index is -4.60. The van der Waals surface area contributed by atoms with Crippen molar-refractivity contribution >= 4 is 11.6 Å². The molecule has 1 N–H and O–H groups in total. The fourth-order valence-corrected chi connectivity index (χ4v) is 4.43. The van der Waals surface area contributed by atoms with Crippen molar-refractivity contribution in [2.24, 2.45) is 0 Å². The average molecular weight is 459 g/mol. The smallest absolute Gasteiger partial charge is 0.336 e. The second kappa shape index (κ2) is 8.05. The van der Waals surface area contributed by atoms with Crippen LogP contribution >= 0.6 is 11.6 Å². The monoisotopic (exact) mass is 458 g/mol. The number of rotatable bonds is 4. The number of benzene rings is 1. The Hall–Kier alpha value is -3.20. The molecule has 0 radical (unpaired) electrons. The van der Waals surface area contributed by atoms with Crippen molar-refractivity contribution in [1.82, 2.24) is 29.9 Å². The number of nitrogens with one attached hydrogen (secondary N) is 1. The Kier molecular flexibility index (Phi) is 5.21. The third-order valence-corrected chi connectivity index (χ3v) is 5.96. The number of fused-ring (bicyclic) bond motifs is 1. The second-order valence-electron chi connectivity index (χ2n) is 7.84. The lowest BCUT2D eigenvalue weighted by atomic mass is 9.83. The fourth-order valence-electron chi connectivity index (χ4n) is 4.25. The molecule has 0 bridgehead atoms. The van der Waals surface area contributed by atoms with Crippen LogP contribution in [-0.4, -0.2) is 29.9 Å². The first-order valence-corrected chi connectivity index (χ1v) is 10.5. The van der Waals surface area contributed by atoms with E-state index in [2.05, 4.69) is 31.4 Å². The quantitative estimate of drug-likeness (QED) is 0.437. The summed E-state index contributed by atoms with van der Waals surface area (Å²) < 4.78 is 41.5. The number of aryl methyl sites for hydroxylation is 1. The van der Waals surface area contributed by atoms with Crippen LogP contribution in [0.2, 0.25) is 5.02 Å². The van der Waals surface area contributed by atoms with Gasteiger partial charge < -0.3 is 4.57 Å². The van der Waals surface area contributed by atoms with Gasteiger partial charge in [-0.25, -0.2) is 4.98 Å². The number of aromatic amines is 1. The van der Waals surface area contributed by atoms with Gasteiger partial charge in [0.25, 0.3) is 0 Å². The Morgan fingerprint density at radius 3 is 2.81 bits per heavy atom. The molecule has 3 aromatic heterocycles. The van der Waals surface area contributed by atoms with Crippen LogP contribution in [0.25, 0.3) is 22.6 Å². The zero-order valence-corrected chi connectivity index (χ0v) is 17.5. The molecule has 164 valence electrons. The zero-order chi connectivity index (χ0) is 22.3. The molecule has 32 heavy (non-hydrogen) atoms. The molecule has 6 nitrogen and oxygen atoms in total. The normalized spacial score (nSPS) is 16.2. The molecule has 1 aliphatic carbocycles. The molecule has 5 rings (SSSR count). The first-order valence-electron chi connectivity index (χ1n) is 10.1. The van der Waals surface area contributed by atoms with Gasteiger partial charge in [-0.3, -0.25) is 4.98 Å². The lowest BCUT2D eigenvalue weighted by Crippen LogP contribution is -2.14. The molecular formula is C22H18ClF3N6. The number of H-pyrrole nitrogens is 1. The predicted molar refractivity (Wildman–Crippen MR) is 113 cm³/mol. The van der Waals surface area contributed by atoms with E-state index in [1.54, 1.807) is 6.33 Å². The molecule has 3 heterocycles. The molecule has 1 atom stereocenters. The van der Waals surface area contributed by atoms with Gasteiger partial charge in [0, 0.05) is 35.4 Å². The lowest BCUT2D eigenvalue weighted by molar-refractivity contribution is -0.140. The van der Waals surface area contributed by atoms with E-state index in [0.717, 1.165) is 30.8 Å². The van der Waals surface area contributed by atoms with Gasteiger partial charge in [0.2, 0.25) is 0 Å². The summed E-state index contributed by atoms with van der Waals surface area (Å²) in [6.45, 7) is 0.738. The zero-order valence-electron chi connectivity index (χ0n) is 16.8. The van der Waals surface area contributed by atoms with Crippen molar-refractivity contribution in [2.45, 2.75) is 37.9 Å². The van der Waals surface area contributed by atoms with E-state index in [1.807, 2.05) is 22.9 Å². The molecule has 1 aromatic carbocycles. The van der Waals surface area contributed by atoms with Gasteiger partial charge in [-0.2, -0.15) is 28.6 Å². The third kappa shape index (κ3) is 4.00. The van der Waals surface area contributed by atoms with Crippen LogP contribution in [0.15, 0.2) is 49.1 Å². The number of imidazole rings is 1. The average Bonchev–Trinajstić information content (AvgIpc) is 3.44. The highest BCUT2D eigenvalue weighted by molar-refractivity contribution is 6.30. The van der Waals surface area contributed by atoms with Crippen molar-refractivity contribution in [1.29, 1.82) is 0 Å². The van der Waals surface area contributed by atoms with E-state index in [9.17, 15) is 13.2 Å². The standard InChI is InChI=1S/C22H18ClF3N6/c23-16-5-4-13-2-1-3-15(17(13)9-16)10-32-11-19(28-12-32)18-8-14(6-7-27-18)20-21(22(24,25)26)30-31-29-20/h4-9,11-12,15H,1-3,10H2,(H,29,30,31)/t15-/m0/s1. The van der Waals surface area contributed by atoms with E-state index in [1.165, 1.54) is 29.5 Å². The van der Waals surface area contributed by atoms with Gasteiger partial charge in [-0.05, 0) is 54.7 Å². The van der Waals surface area contributed by atoms with Crippen LogP contribution in [0.3, 0.4) is 0 Å². The van der Waals surface area contributed by atoms with Crippen molar-refractivity contribution in [3.8, 4) is 22.6 Å². The highest BCUT2D eigenvalue weighted by Gasteiger charge is 2.38. The summed E-state index contributed by atoms with van der Waals surface area (Å²) in [5.74, 6) is 0.322. The lowest BCUT2D eigenvalue weighted by Gasteiger charge is -2.26. The molecule has 4 aromatic rings. The van der Waals surface area contributed by atoms with Crippen molar-refractivity contribution in [3.05, 3.63) is 70.9 Å². The van der Waals surface area contributed by atoms with E-state index in [0.29, 0.717) is 17.3 Å². The maximum Gasteiger partial charge on any atom is 0.437 e. The summed E-state index contributed by atoms with van der Waals surface area (Å²) >= 11 is 6.22. The first-order chi connectivity index (χ1) is 15.4. The Bertz CT molecular complexity index is 1260. The summed E-state index contributed by atoms with van der Waals surface area (Å²) in [6.07, 6.45) is 3.64. The first kappa shape index (κ1) is 20.7. The van der Waals surface area contributed by atoms with Gasteiger partial charge in [-0.1, -0.05) is 17.7 Å². The number of hydrogen-bond donors (Lipinski definition) is 1. The van der Waals surface area contributed by atoms with Crippen LogP contribution in [0.5, 0.6) is 0 Å². The molecule has 0 amide bonds. The number of halogens is 4. The SMILES string of the molecule is FC(F)(F)c1n[nH]nc1-c1ccnc(-c2cn(C[C@@H]3CCCc4ccc(Cl)cc43)cn2)c1. The molecule has 0 spiro atoms. The number of pyridine rings is 1. The number of hydrogen-bond acceptors (Lipinski definition) is 4. The minimum Gasteiger partial charge on any atom is -0.336 e. The number of aromatic nitrogens is 6. The predicted octanol–water partition coefficient (Wildman–Crippen LogP) is 5.52. The van der Waals surface area contributed by atoms with E-state index in [4.69, 9.17) is 11.6 Å². The van der Waals surface area contributed by atoms with Crippen LogP contribution in [0, 0.1) is 0 Å². The van der Waals surface area contributed by atoms with Gasteiger partial charge >= 0.3 is 6.18 Å². The molecule has 0 saturated carbocycles. The maximum absolute atomic E-state index is 13.2. The molecular weight excluding hydrogens is 441 g/mol. The molecule has 0 saturated heterocycles. The Labute approximate surface area is 186 Å². The highest BCUT2D eigenvalue weighted by Crippen LogP contribution is 2.36. The summed E-state index contributed by atoms with van der Waals surface area (Å²) in [4.78, 5) is 8.71. The van der Waals surface area contributed by atoms with Gasteiger partial charge in [0.05, 0.1) is 12.0 Å². The van der Waals surface area contributed by atoms with Crippen LogP contribution < -0.4 is 0 Å². The third-order valence-electron chi connectivity index (χ3n) is 5.72. The highest BCUT2D eigenvalue weighted by atomic mass is 35.5. The summed E-state index contributed by atoms with van der Waals surface area (Å²) in [5.41, 5.74) is 2.57. The largest absolute Gasteiger partial charge is 0.437 e. The van der Waals surface area contributed by atoms with Gasteiger partial charge in [0.15, 0.2) is 5.69 Å². The Balaban J connectivity index is 1.40. The Morgan fingerprint density at radius 2 is 1.97 bits per heavy atom. The second-order valence-corrected chi connectivity index (χ2v) is 8.27. The van der Waals surface area contributed by atoms with Crippen LogP contribution in [0.4, 0.5) is 13.2 Å². The van der Waals surface area contributed by atoms with E-state index >= 15 is 0 Å². The minimum absolute atomic E-state index is 0.265. The van der Waals surface area contributed by atoms with E-state index < -0.39 is 11.9 Å². The topological polar surface area (TPSA) is 72.3 Å². The summed E-state index contributed by atoms with van der Waals surface area (Å²) in [7, 11) is 0. The summed E-state index contributed by atoms with van der Waals surface area (Å²) in [6, 6.07) is 9.07. The maximum atomic E-state index is 13.2. The van der Waals surface area contributed by atoms with Crippen molar-refractivity contribution < 1.29 is 13.2 Å². The van der Waals surface area contributed by atoms with Crippen molar-refractivity contribution in [3.63, 3.8) is 0 Å². The van der Waals surface area contributed by atoms with Crippen molar-refractivity contribution in [2.75, 3.05) is 0 Å². The number of alkyl halides is 3.